The van der Waals surface area contributed by atoms with Crippen molar-refractivity contribution in [3.63, 3.8) is 0 Å². The van der Waals surface area contributed by atoms with Gasteiger partial charge in [-0.05, 0) is 55.2 Å². The van der Waals surface area contributed by atoms with Crippen molar-refractivity contribution in [1.29, 1.82) is 0 Å². The van der Waals surface area contributed by atoms with Crippen molar-refractivity contribution in [2.45, 2.75) is 118 Å². The zero-order chi connectivity index (χ0) is 47.2. The topological polar surface area (TPSA) is 301 Å². The number of carbonyl (C=O) groups excluding carboxylic acids is 7. The van der Waals surface area contributed by atoms with Gasteiger partial charge in [0.1, 0.15) is 25.3 Å². The number of anilines is 1. The van der Waals surface area contributed by atoms with Gasteiger partial charge in [-0.15, -0.1) is 0 Å². The molecule has 0 aromatic heterocycles. The summed E-state index contributed by atoms with van der Waals surface area (Å²) in [5, 5.41) is 13.0. The number of carbonyl (C=O) groups is 7. The molecule has 0 aliphatic heterocycles. The lowest BCUT2D eigenvalue weighted by Crippen LogP contribution is -2.54. The number of nitrogens with one attached hydrogen (secondary N) is 7. The SMILES string of the molecule is CC(C)CCCCCCC(=O)NCCCOC(=O)NS(=O)(=O)NCCOCCOC(=O)N[C@@H](C(=O)N[C@H](CCCNC(N)=O)C(=O)Nc1ccc(COC(=O)C(C)C)cc1)C(C)C. The van der Waals surface area contributed by atoms with Gasteiger partial charge in [0.05, 0.1) is 25.7 Å². The van der Waals surface area contributed by atoms with Crippen LogP contribution < -0.4 is 41.8 Å². The van der Waals surface area contributed by atoms with Gasteiger partial charge in [0, 0.05) is 31.7 Å². The van der Waals surface area contributed by atoms with Crippen LogP contribution in [-0.4, -0.2) is 108 Å². The van der Waals surface area contributed by atoms with Crippen molar-refractivity contribution in [3.8, 4) is 0 Å². The molecule has 22 heteroatoms. The monoisotopic (exact) mass is 914 g/mol. The molecule has 0 radical (unpaired) electrons. The number of esters is 1. The summed E-state index contributed by atoms with van der Waals surface area (Å²) < 4.78 is 48.6. The molecule has 63 heavy (non-hydrogen) atoms. The quantitative estimate of drug-likeness (QED) is 0.0293. The molecule has 0 spiro atoms. The first kappa shape index (κ1) is 55.8. The van der Waals surface area contributed by atoms with Gasteiger partial charge in [-0.25, -0.2) is 19.1 Å². The summed E-state index contributed by atoms with van der Waals surface area (Å²) in [4.78, 5) is 86.1. The molecule has 2 atom stereocenters. The second-order valence-electron chi connectivity index (χ2n) is 15.7. The summed E-state index contributed by atoms with van der Waals surface area (Å²) in [6.07, 6.45) is 4.19. The third-order valence-electron chi connectivity index (χ3n) is 8.93. The van der Waals surface area contributed by atoms with Crippen LogP contribution in [0, 0.1) is 17.8 Å². The van der Waals surface area contributed by atoms with Crippen LogP contribution in [0.1, 0.15) is 105 Å². The molecule has 0 unspecified atom stereocenters. The van der Waals surface area contributed by atoms with Crippen LogP contribution in [-0.2, 0) is 54.9 Å². The molecule has 7 amide bonds. The Kier molecular flexibility index (Phi) is 28.0. The maximum absolute atomic E-state index is 13.4. The van der Waals surface area contributed by atoms with Crippen molar-refractivity contribution in [3.05, 3.63) is 29.8 Å². The highest BCUT2D eigenvalue weighted by molar-refractivity contribution is 7.88. The average Bonchev–Trinajstić information content (AvgIpc) is 3.20. The van der Waals surface area contributed by atoms with Crippen LogP contribution in [0.3, 0.4) is 0 Å². The summed E-state index contributed by atoms with van der Waals surface area (Å²) in [7, 11) is -4.26. The maximum Gasteiger partial charge on any atom is 0.421 e. The largest absolute Gasteiger partial charge is 0.461 e. The minimum absolute atomic E-state index is 0.0595. The van der Waals surface area contributed by atoms with Gasteiger partial charge in [-0.2, -0.15) is 13.1 Å². The zero-order valence-corrected chi connectivity index (χ0v) is 38.3. The highest BCUT2D eigenvalue weighted by Crippen LogP contribution is 2.14. The predicted molar refractivity (Wildman–Crippen MR) is 234 cm³/mol. The smallest absolute Gasteiger partial charge is 0.421 e. The van der Waals surface area contributed by atoms with Gasteiger partial charge in [0.15, 0.2) is 0 Å². The molecule has 1 aromatic carbocycles. The van der Waals surface area contributed by atoms with Crippen molar-refractivity contribution in [1.82, 2.24) is 30.7 Å². The number of hydrogen-bond donors (Lipinski definition) is 8. The molecule has 0 bridgehead atoms. The molecular formula is C41H70N8O13S. The highest BCUT2D eigenvalue weighted by atomic mass is 32.2. The third-order valence-corrected chi connectivity index (χ3v) is 9.95. The van der Waals surface area contributed by atoms with Gasteiger partial charge in [-0.3, -0.25) is 19.2 Å². The minimum Gasteiger partial charge on any atom is -0.461 e. The van der Waals surface area contributed by atoms with Crippen molar-refractivity contribution < 1.29 is 60.9 Å². The summed E-state index contributed by atoms with van der Waals surface area (Å²) in [5.41, 5.74) is 6.25. The average molecular weight is 915 g/mol. The van der Waals surface area contributed by atoms with Gasteiger partial charge >= 0.3 is 34.4 Å². The van der Waals surface area contributed by atoms with Crippen LogP contribution in [0.2, 0.25) is 0 Å². The van der Waals surface area contributed by atoms with Crippen LogP contribution in [0.4, 0.5) is 20.1 Å². The van der Waals surface area contributed by atoms with E-state index in [1.54, 1.807) is 56.7 Å². The molecule has 0 saturated heterocycles. The van der Waals surface area contributed by atoms with Crippen LogP contribution in [0.25, 0.3) is 0 Å². The molecule has 0 aliphatic carbocycles. The number of hydrogen-bond acceptors (Lipinski definition) is 13. The Morgan fingerprint density at radius 3 is 1.98 bits per heavy atom. The third kappa shape index (κ3) is 28.2. The van der Waals surface area contributed by atoms with Crippen LogP contribution >= 0.6 is 0 Å². The van der Waals surface area contributed by atoms with E-state index in [0.29, 0.717) is 30.0 Å². The first-order valence-electron chi connectivity index (χ1n) is 21.4. The summed E-state index contributed by atoms with van der Waals surface area (Å²) in [6.45, 7) is 10.8. The number of amides is 7. The highest BCUT2D eigenvalue weighted by Gasteiger charge is 2.29. The summed E-state index contributed by atoms with van der Waals surface area (Å²) in [6, 6.07) is 3.63. The Bertz CT molecular complexity index is 1680. The molecule has 0 aliphatic rings. The minimum atomic E-state index is -4.26. The van der Waals surface area contributed by atoms with E-state index in [1.165, 1.54) is 6.42 Å². The predicted octanol–water partition coefficient (Wildman–Crippen LogP) is 3.09. The van der Waals surface area contributed by atoms with Crippen LogP contribution in [0.5, 0.6) is 0 Å². The lowest BCUT2D eigenvalue weighted by Gasteiger charge is -2.25. The van der Waals surface area contributed by atoms with Gasteiger partial charge in [-0.1, -0.05) is 79.4 Å². The molecule has 0 saturated carbocycles. The van der Waals surface area contributed by atoms with Crippen molar-refractivity contribution in [2.75, 3.05) is 51.4 Å². The number of urea groups is 1. The summed E-state index contributed by atoms with van der Waals surface area (Å²) >= 11 is 0. The van der Waals surface area contributed by atoms with E-state index in [-0.39, 0.29) is 83.3 Å². The Hall–Kier alpha value is -5.22. The number of benzene rings is 1. The van der Waals surface area contributed by atoms with E-state index >= 15 is 0 Å². The second kappa shape index (κ2) is 31.6. The van der Waals surface area contributed by atoms with E-state index in [2.05, 4.69) is 45.2 Å². The molecular weight excluding hydrogens is 845 g/mol. The Balaban J connectivity index is 2.46. The first-order valence-corrected chi connectivity index (χ1v) is 22.9. The maximum atomic E-state index is 13.4. The van der Waals surface area contributed by atoms with Gasteiger partial charge in [0.25, 0.3) is 0 Å². The molecule has 1 aromatic rings. The van der Waals surface area contributed by atoms with Crippen molar-refractivity contribution >= 4 is 57.8 Å². The fraction of sp³-hybridized carbons (Fsp3) is 0.683. The second-order valence-corrected chi connectivity index (χ2v) is 17.2. The van der Waals surface area contributed by atoms with E-state index in [0.717, 1.165) is 25.7 Å². The fourth-order valence-corrected chi connectivity index (χ4v) is 6.15. The summed E-state index contributed by atoms with van der Waals surface area (Å²) in [5.74, 6) is -1.72. The Morgan fingerprint density at radius 2 is 1.33 bits per heavy atom. The van der Waals surface area contributed by atoms with Gasteiger partial charge in [0.2, 0.25) is 17.7 Å². The fourth-order valence-electron chi connectivity index (χ4n) is 5.45. The number of primary amides is 1. The number of ether oxygens (including phenoxy) is 4. The molecule has 21 nitrogen and oxygen atoms in total. The van der Waals surface area contributed by atoms with Crippen LogP contribution in [0.15, 0.2) is 24.3 Å². The first-order chi connectivity index (χ1) is 29.8. The number of unbranched alkanes of at least 4 members (excludes halogenated alkanes) is 3. The van der Waals surface area contributed by atoms with E-state index < -0.39 is 58.2 Å². The number of nitrogens with two attached hydrogens (primary N) is 1. The lowest BCUT2D eigenvalue weighted by molar-refractivity contribution is -0.148. The number of rotatable bonds is 32. The van der Waals surface area contributed by atoms with Crippen molar-refractivity contribution in [2.24, 2.45) is 23.5 Å². The zero-order valence-electron chi connectivity index (χ0n) is 37.5. The Labute approximate surface area is 371 Å². The molecule has 1 rings (SSSR count). The van der Waals surface area contributed by atoms with E-state index in [1.807, 2.05) is 0 Å². The molecule has 9 N–H and O–H groups in total. The Morgan fingerprint density at radius 1 is 0.667 bits per heavy atom. The standard InChI is InChI=1S/C41H70N8O13S/c1-28(2)13-9-7-8-10-15-34(50)43-21-12-23-60-41(56)49-63(57,58)45-22-24-59-25-26-61-40(55)48-35(29(3)4)37(52)47-33(14-11-20-44-39(42)54)36(51)46-32-18-16-31(17-19-32)27-62-38(53)30(5)6/h16-19,28-30,33,35,45H,7-15,20-27H2,1-6H3,(H,43,50)(H,46,51)(H,47,52)(H,48,55)(H,49,56)(H3,42,44,54)/t33-,35-/m1/s1. The molecule has 0 fully saturated rings. The van der Waals surface area contributed by atoms with E-state index in [4.69, 9.17) is 24.7 Å². The van der Waals surface area contributed by atoms with E-state index in [9.17, 15) is 42.0 Å². The lowest BCUT2D eigenvalue weighted by atomic mass is 10.0. The normalized spacial score (nSPS) is 12.2. The van der Waals surface area contributed by atoms with Gasteiger partial charge < -0.3 is 51.3 Å². The molecule has 358 valence electrons. The molecule has 0 heterocycles. The number of alkyl carbamates (subject to hydrolysis) is 1.